The summed E-state index contributed by atoms with van der Waals surface area (Å²) in [6.45, 7) is 11.6. The monoisotopic (exact) mass is 336 g/mol. The second-order valence-corrected chi connectivity index (χ2v) is 6.21. The Hall–Kier alpha value is -1.78. The van der Waals surface area contributed by atoms with Gasteiger partial charge >= 0.3 is 5.97 Å². The first-order chi connectivity index (χ1) is 11.4. The minimum atomic E-state index is -0.367. The molecule has 1 rings (SSSR count). The number of hydrogen-bond acceptors (Lipinski definition) is 3. The number of amides is 1. The Morgan fingerprint density at radius 3 is 2.04 bits per heavy atom. The number of nitrogens with zero attached hydrogens (tertiary/aromatic N) is 2. The molecule has 0 spiro atoms. The van der Waals surface area contributed by atoms with Gasteiger partial charge in [0, 0.05) is 25.8 Å². The van der Waals surface area contributed by atoms with E-state index in [0.717, 1.165) is 50.0 Å². The normalized spacial score (nSPS) is 10.8. The molecule has 0 aliphatic rings. The van der Waals surface area contributed by atoms with E-state index in [-0.39, 0.29) is 11.9 Å². The lowest BCUT2D eigenvalue weighted by molar-refractivity contribution is 0.0514. The van der Waals surface area contributed by atoms with Gasteiger partial charge in [0.15, 0.2) is 0 Å². The summed E-state index contributed by atoms with van der Waals surface area (Å²) in [4.78, 5) is 27.3. The van der Waals surface area contributed by atoms with Crippen molar-refractivity contribution in [1.29, 1.82) is 0 Å². The number of aromatic nitrogens is 1. The molecule has 136 valence electrons. The molecule has 0 fully saturated rings. The Morgan fingerprint density at radius 2 is 1.58 bits per heavy atom. The lowest BCUT2D eigenvalue weighted by atomic mass is 10.1. The van der Waals surface area contributed by atoms with Gasteiger partial charge in [0.05, 0.1) is 12.2 Å². The maximum atomic E-state index is 13.1. The Labute approximate surface area is 146 Å². The third-order valence-electron chi connectivity index (χ3n) is 4.46. The quantitative estimate of drug-likeness (QED) is 0.643. The highest BCUT2D eigenvalue weighted by molar-refractivity contribution is 6.01. The van der Waals surface area contributed by atoms with E-state index in [0.29, 0.717) is 17.9 Å². The van der Waals surface area contributed by atoms with Gasteiger partial charge in [-0.05, 0) is 39.2 Å². The van der Waals surface area contributed by atoms with Gasteiger partial charge in [-0.25, -0.2) is 4.79 Å². The number of carbonyl (C=O) groups excluding carboxylic acids is 2. The van der Waals surface area contributed by atoms with Crippen LogP contribution in [0.25, 0.3) is 0 Å². The van der Waals surface area contributed by atoms with Gasteiger partial charge in [0.25, 0.3) is 5.91 Å². The minimum absolute atomic E-state index is 0.0260. The predicted molar refractivity (Wildman–Crippen MR) is 96.6 cm³/mol. The van der Waals surface area contributed by atoms with E-state index in [4.69, 9.17) is 4.74 Å². The molecule has 1 amide bonds. The van der Waals surface area contributed by atoms with E-state index in [1.54, 1.807) is 11.5 Å². The topological polar surface area (TPSA) is 51.5 Å². The van der Waals surface area contributed by atoms with Crippen molar-refractivity contribution in [2.24, 2.45) is 7.05 Å². The Morgan fingerprint density at radius 1 is 1.04 bits per heavy atom. The lowest BCUT2D eigenvalue weighted by Gasteiger charge is -2.23. The van der Waals surface area contributed by atoms with Crippen molar-refractivity contribution < 1.29 is 14.3 Å². The SMILES string of the molecule is CCCCN(CCCC)C(=O)c1c(C)c(C(=O)OCC)n(C)c1C. The first kappa shape index (κ1) is 20.3. The molecule has 24 heavy (non-hydrogen) atoms. The fourth-order valence-electron chi connectivity index (χ4n) is 2.95. The highest BCUT2D eigenvalue weighted by atomic mass is 16.5. The zero-order valence-electron chi connectivity index (χ0n) is 16.1. The molecular formula is C19H32N2O3. The Kier molecular flexibility index (Phi) is 8.02. The van der Waals surface area contributed by atoms with Crippen molar-refractivity contribution in [3.63, 3.8) is 0 Å². The summed E-state index contributed by atoms with van der Waals surface area (Å²) >= 11 is 0. The van der Waals surface area contributed by atoms with Crippen molar-refractivity contribution in [2.45, 2.75) is 60.3 Å². The van der Waals surface area contributed by atoms with Gasteiger partial charge in [0.2, 0.25) is 0 Å². The van der Waals surface area contributed by atoms with Crippen molar-refractivity contribution in [3.8, 4) is 0 Å². The molecule has 0 saturated heterocycles. The molecule has 5 heteroatoms. The van der Waals surface area contributed by atoms with E-state index in [1.807, 2.05) is 25.8 Å². The van der Waals surface area contributed by atoms with Crippen LogP contribution in [0.2, 0.25) is 0 Å². The van der Waals surface area contributed by atoms with E-state index < -0.39 is 0 Å². The van der Waals surface area contributed by atoms with Crippen LogP contribution < -0.4 is 0 Å². The molecule has 0 aliphatic carbocycles. The zero-order valence-corrected chi connectivity index (χ0v) is 16.1. The van der Waals surface area contributed by atoms with Gasteiger partial charge in [-0.3, -0.25) is 4.79 Å². The number of ether oxygens (including phenoxy) is 1. The second kappa shape index (κ2) is 9.50. The van der Waals surface area contributed by atoms with Crippen molar-refractivity contribution >= 4 is 11.9 Å². The van der Waals surface area contributed by atoms with Gasteiger partial charge in [0.1, 0.15) is 5.69 Å². The molecule has 0 N–H and O–H groups in total. The van der Waals surface area contributed by atoms with Gasteiger partial charge in [-0.15, -0.1) is 0 Å². The van der Waals surface area contributed by atoms with Crippen molar-refractivity contribution in [2.75, 3.05) is 19.7 Å². The number of hydrogen-bond donors (Lipinski definition) is 0. The van der Waals surface area contributed by atoms with Crippen LogP contribution in [-0.4, -0.2) is 41.0 Å². The molecule has 0 atom stereocenters. The number of unbranched alkanes of at least 4 members (excludes halogenated alkanes) is 2. The summed E-state index contributed by atoms with van der Waals surface area (Å²) in [6, 6.07) is 0. The summed E-state index contributed by atoms with van der Waals surface area (Å²) in [5, 5.41) is 0. The summed E-state index contributed by atoms with van der Waals surface area (Å²) in [7, 11) is 1.81. The molecule has 0 aromatic carbocycles. The predicted octanol–water partition coefficient (Wildman–Crippen LogP) is 3.86. The Bertz CT molecular complexity index is 568. The molecule has 1 aromatic heterocycles. The maximum absolute atomic E-state index is 13.1. The molecule has 0 radical (unpaired) electrons. The van der Waals surface area contributed by atoms with Crippen LogP contribution >= 0.6 is 0 Å². The summed E-state index contributed by atoms with van der Waals surface area (Å²) in [5.74, 6) is -0.341. The smallest absolute Gasteiger partial charge is 0.355 e. The van der Waals surface area contributed by atoms with Crippen molar-refractivity contribution in [3.05, 3.63) is 22.5 Å². The second-order valence-electron chi connectivity index (χ2n) is 6.21. The summed E-state index contributed by atoms with van der Waals surface area (Å²) < 4.78 is 6.92. The molecule has 0 saturated carbocycles. The minimum Gasteiger partial charge on any atom is -0.461 e. The maximum Gasteiger partial charge on any atom is 0.355 e. The van der Waals surface area contributed by atoms with E-state index in [9.17, 15) is 9.59 Å². The molecule has 0 bridgehead atoms. The average molecular weight is 336 g/mol. The molecule has 5 nitrogen and oxygen atoms in total. The largest absolute Gasteiger partial charge is 0.461 e. The first-order valence-corrected chi connectivity index (χ1v) is 9.02. The van der Waals surface area contributed by atoms with Gasteiger partial charge in [-0.1, -0.05) is 26.7 Å². The highest BCUT2D eigenvalue weighted by Gasteiger charge is 2.28. The summed E-state index contributed by atoms with van der Waals surface area (Å²) in [6.07, 6.45) is 4.09. The number of carbonyl (C=O) groups is 2. The molecule has 1 heterocycles. The standard InChI is InChI=1S/C19H32N2O3/c1-7-10-12-21(13-11-8-2)18(22)16-14(4)17(19(23)24-9-3)20(6)15(16)5/h7-13H2,1-6H3. The van der Waals surface area contributed by atoms with Crippen LogP contribution in [0.5, 0.6) is 0 Å². The van der Waals surface area contributed by atoms with E-state index >= 15 is 0 Å². The zero-order chi connectivity index (χ0) is 18.3. The van der Waals surface area contributed by atoms with E-state index in [1.165, 1.54) is 0 Å². The van der Waals surface area contributed by atoms with Crippen LogP contribution in [-0.2, 0) is 11.8 Å². The van der Waals surface area contributed by atoms with Gasteiger partial charge in [-0.2, -0.15) is 0 Å². The third-order valence-corrected chi connectivity index (χ3v) is 4.46. The fraction of sp³-hybridized carbons (Fsp3) is 0.684. The van der Waals surface area contributed by atoms with Crippen LogP contribution in [0.15, 0.2) is 0 Å². The van der Waals surface area contributed by atoms with Gasteiger partial charge < -0.3 is 14.2 Å². The molecule has 0 aliphatic heterocycles. The summed E-state index contributed by atoms with van der Waals surface area (Å²) in [5.41, 5.74) is 2.66. The lowest BCUT2D eigenvalue weighted by Crippen LogP contribution is -2.33. The first-order valence-electron chi connectivity index (χ1n) is 9.02. The third kappa shape index (κ3) is 4.40. The highest BCUT2D eigenvalue weighted by Crippen LogP contribution is 2.24. The number of rotatable bonds is 9. The average Bonchev–Trinajstić information content (AvgIpc) is 2.77. The molecule has 1 aromatic rings. The number of esters is 1. The van der Waals surface area contributed by atoms with Crippen LogP contribution in [0.4, 0.5) is 0 Å². The van der Waals surface area contributed by atoms with Crippen LogP contribution in [0.1, 0.15) is 78.6 Å². The fourth-order valence-corrected chi connectivity index (χ4v) is 2.95. The van der Waals surface area contributed by atoms with E-state index in [2.05, 4.69) is 13.8 Å². The Balaban J connectivity index is 3.20. The van der Waals surface area contributed by atoms with Crippen LogP contribution in [0.3, 0.4) is 0 Å². The molecule has 0 unspecified atom stereocenters. The molecular weight excluding hydrogens is 304 g/mol. The van der Waals surface area contributed by atoms with Crippen molar-refractivity contribution in [1.82, 2.24) is 9.47 Å². The van der Waals surface area contributed by atoms with Crippen LogP contribution in [0, 0.1) is 13.8 Å².